The van der Waals surface area contributed by atoms with Crippen molar-refractivity contribution in [1.29, 1.82) is 0 Å². The number of imidazole rings is 1. The highest BCUT2D eigenvalue weighted by Gasteiger charge is 2.34. The maximum atomic E-state index is 13.4. The maximum absolute atomic E-state index is 13.4. The van der Waals surface area contributed by atoms with Gasteiger partial charge < -0.3 is 4.74 Å². The molecule has 0 saturated carbocycles. The van der Waals surface area contributed by atoms with Crippen LogP contribution in [0, 0.1) is 0 Å². The molecule has 0 fully saturated rings. The third kappa shape index (κ3) is 2.26. The van der Waals surface area contributed by atoms with Crippen LogP contribution in [0.5, 0.6) is 0 Å². The normalized spacial score (nSPS) is 14.0. The van der Waals surface area contributed by atoms with Gasteiger partial charge in [0.25, 0.3) is 17.4 Å². The second-order valence-electron chi connectivity index (χ2n) is 7.74. The summed E-state index contributed by atoms with van der Waals surface area (Å²) in [6.45, 7) is 0.743. The molecule has 0 saturated heterocycles. The van der Waals surface area contributed by atoms with Gasteiger partial charge in [0.15, 0.2) is 0 Å². The highest BCUT2D eigenvalue weighted by molar-refractivity contribution is 6.31. The molecule has 6 rings (SSSR count). The lowest BCUT2D eigenvalue weighted by atomic mass is 9.90. The molecule has 3 heterocycles. The highest BCUT2D eigenvalue weighted by Crippen LogP contribution is 2.37. The second-order valence-corrected chi connectivity index (χ2v) is 7.74. The van der Waals surface area contributed by atoms with Crippen LogP contribution in [0.2, 0.25) is 0 Å². The number of aromatic nitrogens is 2. The number of hydrogen-bond acceptors (Lipinski definition) is 5. The van der Waals surface area contributed by atoms with E-state index in [4.69, 9.17) is 4.74 Å². The second kappa shape index (κ2) is 6.33. The summed E-state index contributed by atoms with van der Waals surface area (Å²) in [5, 5.41) is 2.39. The number of amides is 2. The number of rotatable bonds is 4. The average molecular weight is 411 g/mol. The Bertz CT molecular complexity index is 1600. The third-order valence-electron chi connectivity index (χ3n) is 6.08. The molecule has 3 aromatic carbocycles. The van der Waals surface area contributed by atoms with Gasteiger partial charge in [-0.25, -0.2) is 4.98 Å². The fraction of sp³-hybridized carbons (Fsp3) is 0.167. The van der Waals surface area contributed by atoms with Crippen molar-refractivity contribution in [3.63, 3.8) is 0 Å². The fourth-order valence-electron chi connectivity index (χ4n) is 4.70. The van der Waals surface area contributed by atoms with Crippen molar-refractivity contribution in [2.24, 2.45) is 0 Å². The van der Waals surface area contributed by atoms with E-state index in [2.05, 4.69) is 4.98 Å². The molecule has 7 nitrogen and oxygen atoms in total. The van der Waals surface area contributed by atoms with Gasteiger partial charge in [-0.1, -0.05) is 12.1 Å². The number of methoxy groups -OCH3 is 1. The van der Waals surface area contributed by atoms with Crippen LogP contribution in [0.4, 0.5) is 0 Å². The number of ether oxygens (including phenoxy) is 1. The molecular weight excluding hydrogens is 394 g/mol. The van der Waals surface area contributed by atoms with Gasteiger partial charge in [-0.3, -0.25) is 23.7 Å². The molecule has 2 amide bonds. The van der Waals surface area contributed by atoms with Crippen LogP contribution < -0.4 is 5.56 Å². The molecule has 0 unspecified atom stereocenters. The van der Waals surface area contributed by atoms with Gasteiger partial charge in [-0.05, 0) is 42.8 Å². The Morgan fingerprint density at radius 3 is 2.32 bits per heavy atom. The third-order valence-corrected chi connectivity index (χ3v) is 6.08. The first-order chi connectivity index (χ1) is 15.1. The Balaban J connectivity index is 1.70. The number of para-hydroxylation sites is 2. The predicted octanol–water partition coefficient (Wildman–Crippen LogP) is 3.22. The minimum Gasteiger partial charge on any atom is -0.385 e. The van der Waals surface area contributed by atoms with Gasteiger partial charge >= 0.3 is 0 Å². The van der Waals surface area contributed by atoms with Crippen molar-refractivity contribution in [3.05, 3.63) is 70.0 Å². The van der Waals surface area contributed by atoms with Gasteiger partial charge in [0.1, 0.15) is 5.65 Å². The Morgan fingerprint density at radius 1 is 0.871 bits per heavy atom. The van der Waals surface area contributed by atoms with E-state index in [1.54, 1.807) is 29.7 Å². The number of hydrogen-bond donors (Lipinski definition) is 0. The van der Waals surface area contributed by atoms with Gasteiger partial charge in [0.2, 0.25) is 0 Å². The van der Waals surface area contributed by atoms with Crippen molar-refractivity contribution < 1.29 is 14.3 Å². The number of benzene rings is 3. The standard InChI is InChI=1S/C24H17N3O4/c1-31-12-4-11-26-22(28)14-8-7-13-19-16(10-9-15(20(14)19)23(26)29)24(30)27-18-6-3-2-5-17(18)25-21(13)27/h2-3,5-10H,4,11-12H2,1H3. The molecule has 0 radical (unpaired) electrons. The van der Waals surface area contributed by atoms with Crippen LogP contribution >= 0.6 is 0 Å². The van der Waals surface area contributed by atoms with Crippen LogP contribution in [0.1, 0.15) is 27.1 Å². The first-order valence-corrected chi connectivity index (χ1v) is 10.1. The quantitative estimate of drug-likeness (QED) is 0.335. The van der Waals surface area contributed by atoms with Crippen molar-refractivity contribution in [1.82, 2.24) is 14.3 Å². The summed E-state index contributed by atoms with van der Waals surface area (Å²) in [6, 6.07) is 14.4. The van der Waals surface area contributed by atoms with Crippen LogP contribution in [0.25, 0.3) is 38.2 Å². The molecule has 1 aliphatic rings. The highest BCUT2D eigenvalue weighted by atomic mass is 16.5. The molecule has 5 aromatic rings. The van der Waals surface area contributed by atoms with E-state index < -0.39 is 0 Å². The van der Waals surface area contributed by atoms with E-state index in [1.165, 1.54) is 4.90 Å². The van der Waals surface area contributed by atoms with Gasteiger partial charge in [0, 0.05) is 52.9 Å². The van der Waals surface area contributed by atoms with Crippen molar-refractivity contribution in [3.8, 4) is 0 Å². The minimum atomic E-state index is -0.344. The molecular formula is C24H17N3O4. The van der Waals surface area contributed by atoms with Gasteiger partial charge in [-0.15, -0.1) is 0 Å². The Morgan fingerprint density at radius 2 is 1.58 bits per heavy atom. The van der Waals surface area contributed by atoms with Crippen LogP contribution in [0.3, 0.4) is 0 Å². The van der Waals surface area contributed by atoms with Crippen molar-refractivity contribution >= 4 is 50.0 Å². The minimum absolute atomic E-state index is 0.206. The summed E-state index contributed by atoms with van der Waals surface area (Å²) in [4.78, 5) is 45.7. The Hall–Kier alpha value is -3.84. The number of imide groups is 1. The Labute approximate surface area is 175 Å². The average Bonchev–Trinajstić information content (AvgIpc) is 3.18. The Kier molecular flexibility index (Phi) is 3.67. The smallest absolute Gasteiger partial charge is 0.264 e. The molecule has 1 aliphatic heterocycles. The lowest BCUT2D eigenvalue weighted by Gasteiger charge is -2.27. The van der Waals surface area contributed by atoms with Crippen LogP contribution in [-0.2, 0) is 4.74 Å². The summed E-state index contributed by atoms with van der Waals surface area (Å²) < 4.78 is 6.67. The van der Waals surface area contributed by atoms with Crippen molar-refractivity contribution in [2.75, 3.05) is 20.3 Å². The van der Waals surface area contributed by atoms with Gasteiger partial charge in [-0.2, -0.15) is 0 Å². The molecule has 152 valence electrons. The zero-order valence-corrected chi connectivity index (χ0v) is 16.7. The molecule has 2 aromatic heterocycles. The number of carbonyl (C=O) groups is 2. The number of carbonyl (C=O) groups excluding carboxylic acids is 2. The fourth-order valence-corrected chi connectivity index (χ4v) is 4.70. The van der Waals surface area contributed by atoms with Crippen LogP contribution in [0.15, 0.2) is 53.3 Å². The zero-order chi connectivity index (χ0) is 21.3. The summed E-state index contributed by atoms with van der Waals surface area (Å²) >= 11 is 0. The first-order valence-electron chi connectivity index (χ1n) is 10.1. The summed E-state index contributed by atoms with van der Waals surface area (Å²) in [5.74, 6) is -0.687. The summed E-state index contributed by atoms with van der Waals surface area (Å²) in [6.07, 6.45) is 0.561. The maximum Gasteiger partial charge on any atom is 0.264 e. The molecule has 31 heavy (non-hydrogen) atoms. The molecule has 0 bridgehead atoms. The van der Waals surface area contributed by atoms with E-state index in [0.29, 0.717) is 46.0 Å². The van der Waals surface area contributed by atoms with E-state index >= 15 is 0 Å². The summed E-state index contributed by atoms with van der Waals surface area (Å²) in [7, 11) is 1.59. The molecule has 0 spiro atoms. The summed E-state index contributed by atoms with van der Waals surface area (Å²) in [5.41, 5.74) is 2.65. The largest absolute Gasteiger partial charge is 0.385 e. The molecule has 0 atom stereocenters. The van der Waals surface area contributed by atoms with E-state index in [9.17, 15) is 14.4 Å². The van der Waals surface area contributed by atoms with E-state index in [1.807, 2.05) is 30.3 Å². The zero-order valence-electron chi connectivity index (χ0n) is 16.7. The monoisotopic (exact) mass is 411 g/mol. The lowest BCUT2D eigenvalue weighted by molar-refractivity contribution is 0.0595. The molecule has 0 N–H and O–H groups in total. The predicted molar refractivity (Wildman–Crippen MR) is 117 cm³/mol. The molecule has 0 aliphatic carbocycles. The lowest BCUT2D eigenvalue weighted by Crippen LogP contribution is -2.41. The van der Waals surface area contributed by atoms with Crippen LogP contribution in [-0.4, -0.2) is 46.4 Å². The number of pyridine rings is 1. The van der Waals surface area contributed by atoms with E-state index in [0.717, 1.165) is 16.4 Å². The first kappa shape index (κ1) is 18.0. The SMILES string of the molecule is COCCCN1C(=O)c2ccc3c(=O)n4c5ccccc5nc4c4ccc(c2c34)C1=O. The number of fused-ring (bicyclic) bond motifs is 4. The number of nitrogens with zero attached hydrogens (tertiary/aromatic N) is 3. The topological polar surface area (TPSA) is 81.0 Å². The van der Waals surface area contributed by atoms with Gasteiger partial charge in [0.05, 0.1) is 11.0 Å². The van der Waals surface area contributed by atoms with E-state index in [-0.39, 0.29) is 23.9 Å². The molecule has 7 heteroatoms. The van der Waals surface area contributed by atoms with Crippen molar-refractivity contribution in [2.45, 2.75) is 6.42 Å².